The van der Waals surface area contributed by atoms with Crippen LogP contribution >= 0.6 is 0 Å². The molecule has 1 nitrogen and oxygen atoms in total. The van der Waals surface area contributed by atoms with E-state index in [1.165, 1.54) is 22.3 Å². The van der Waals surface area contributed by atoms with Crippen molar-refractivity contribution in [2.45, 2.75) is 19.8 Å². The summed E-state index contributed by atoms with van der Waals surface area (Å²) in [7, 11) is 0. The Bertz CT molecular complexity index is 488. The first-order valence-corrected chi connectivity index (χ1v) is 5.95. The molecule has 1 unspecified atom stereocenters. The van der Waals surface area contributed by atoms with Crippen LogP contribution in [-0.2, 0) is 0 Å². The second-order valence-electron chi connectivity index (χ2n) is 4.51. The van der Waals surface area contributed by atoms with E-state index < -0.39 is 0 Å². The first-order chi connectivity index (χ1) is 8.22. The van der Waals surface area contributed by atoms with Crippen LogP contribution in [0.1, 0.15) is 28.2 Å². The largest absolute Gasteiger partial charge is 0.395 e. The number of hydrogen-bond donors (Lipinski definition) is 1. The molecule has 0 fully saturated rings. The van der Waals surface area contributed by atoms with Crippen LogP contribution in [0.3, 0.4) is 0 Å². The summed E-state index contributed by atoms with van der Waals surface area (Å²) >= 11 is 0. The molecule has 2 aromatic rings. The zero-order valence-corrected chi connectivity index (χ0v) is 10.4. The maximum atomic E-state index is 9.63. The zero-order valence-electron chi connectivity index (χ0n) is 10.4. The average Bonchev–Trinajstić information content (AvgIpc) is 2.34. The maximum absolute atomic E-state index is 9.63. The Morgan fingerprint density at radius 2 is 1.71 bits per heavy atom. The number of aliphatic hydroxyl groups excluding tert-OH is 1. The second kappa shape index (κ2) is 5.15. The number of rotatable bonds is 3. The molecule has 1 atom stereocenters. The maximum Gasteiger partial charge on any atom is 0.0540 e. The molecule has 1 heteroatoms. The van der Waals surface area contributed by atoms with Gasteiger partial charge in [-0.3, -0.25) is 0 Å². The number of hydrogen-bond acceptors (Lipinski definition) is 1. The van der Waals surface area contributed by atoms with Crippen molar-refractivity contribution < 1.29 is 5.11 Å². The lowest BCUT2D eigenvalue weighted by Gasteiger charge is -2.18. The lowest BCUT2D eigenvalue weighted by molar-refractivity contribution is 0.280. The molecule has 0 saturated heterocycles. The van der Waals surface area contributed by atoms with Crippen LogP contribution in [0.5, 0.6) is 0 Å². The van der Waals surface area contributed by atoms with Crippen molar-refractivity contribution in [3.8, 4) is 0 Å². The summed E-state index contributed by atoms with van der Waals surface area (Å²) < 4.78 is 0. The third-order valence-corrected chi connectivity index (χ3v) is 3.19. The minimum Gasteiger partial charge on any atom is -0.395 e. The van der Waals surface area contributed by atoms with E-state index in [0.29, 0.717) is 0 Å². The third kappa shape index (κ3) is 2.56. The summed E-state index contributed by atoms with van der Waals surface area (Å²) in [5.41, 5.74) is 4.88. The molecule has 0 saturated carbocycles. The van der Waals surface area contributed by atoms with Crippen molar-refractivity contribution in [1.82, 2.24) is 0 Å². The van der Waals surface area contributed by atoms with Gasteiger partial charge in [-0.15, -0.1) is 0 Å². The summed E-state index contributed by atoms with van der Waals surface area (Å²) in [6, 6.07) is 16.6. The highest BCUT2D eigenvalue weighted by Gasteiger charge is 2.14. The first kappa shape index (κ1) is 11.9. The fraction of sp³-hybridized carbons (Fsp3) is 0.250. The van der Waals surface area contributed by atoms with E-state index in [0.717, 1.165) is 0 Å². The molecule has 0 aliphatic rings. The van der Waals surface area contributed by atoms with Crippen molar-refractivity contribution in [3.05, 3.63) is 70.8 Å². The summed E-state index contributed by atoms with van der Waals surface area (Å²) in [5, 5.41) is 9.63. The van der Waals surface area contributed by atoms with E-state index in [9.17, 15) is 5.11 Å². The molecule has 0 aliphatic heterocycles. The predicted octanol–water partition coefficient (Wildman–Crippen LogP) is 3.43. The van der Waals surface area contributed by atoms with Crippen LogP contribution in [0.15, 0.2) is 48.5 Å². The normalized spacial score (nSPS) is 12.4. The molecule has 1 N–H and O–H groups in total. The molecule has 88 valence electrons. The van der Waals surface area contributed by atoms with E-state index in [1.807, 2.05) is 18.2 Å². The highest BCUT2D eigenvalue weighted by atomic mass is 16.3. The van der Waals surface area contributed by atoms with E-state index >= 15 is 0 Å². The molecule has 2 aromatic carbocycles. The SMILES string of the molecule is Cc1ccc(C(CO)c2ccccc2)c(C)c1. The number of aryl methyl sites for hydroxylation is 2. The van der Waals surface area contributed by atoms with Crippen LogP contribution in [0.2, 0.25) is 0 Å². The monoisotopic (exact) mass is 226 g/mol. The Morgan fingerprint density at radius 1 is 1.00 bits per heavy atom. The molecule has 0 amide bonds. The number of aliphatic hydroxyl groups is 1. The third-order valence-electron chi connectivity index (χ3n) is 3.19. The van der Waals surface area contributed by atoms with Gasteiger partial charge in [-0.25, -0.2) is 0 Å². The van der Waals surface area contributed by atoms with Crippen molar-refractivity contribution in [2.75, 3.05) is 6.61 Å². The van der Waals surface area contributed by atoms with E-state index in [-0.39, 0.29) is 12.5 Å². The second-order valence-corrected chi connectivity index (χ2v) is 4.51. The smallest absolute Gasteiger partial charge is 0.0540 e. The minimum atomic E-state index is 0.0804. The molecular formula is C16H18O. The Kier molecular flexibility index (Phi) is 3.60. The van der Waals surface area contributed by atoms with E-state index in [1.54, 1.807) is 0 Å². The standard InChI is InChI=1S/C16H18O/c1-12-8-9-15(13(2)10-12)16(11-17)14-6-4-3-5-7-14/h3-10,16-17H,11H2,1-2H3. The van der Waals surface area contributed by atoms with Crippen molar-refractivity contribution in [3.63, 3.8) is 0 Å². The molecule has 0 heterocycles. The number of benzene rings is 2. The van der Waals surface area contributed by atoms with Gasteiger partial charge in [-0.1, -0.05) is 54.1 Å². The Morgan fingerprint density at radius 3 is 2.29 bits per heavy atom. The highest BCUT2D eigenvalue weighted by Crippen LogP contribution is 2.27. The molecular weight excluding hydrogens is 208 g/mol. The van der Waals surface area contributed by atoms with Gasteiger partial charge in [-0.2, -0.15) is 0 Å². The van der Waals surface area contributed by atoms with Gasteiger partial charge in [0.2, 0.25) is 0 Å². The molecule has 0 spiro atoms. The summed E-state index contributed by atoms with van der Waals surface area (Å²) in [6.45, 7) is 4.34. The van der Waals surface area contributed by atoms with Gasteiger partial charge in [0.1, 0.15) is 0 Å². The van der Waals surface area contributed by atoms with Gasteiger partial charge in [0, 0.05) is 5.92 Å². The Labute approximate surface area is 103 Å². The lowest BCUT2D eigenvalue weighted by Crippen LogP contribution is -2.07. The van der Waals surface area contributed by atoms with Gasteiger partial charge in [-0.05, 0) is 30.5 Å². The van der Waals surface area contributed by atoms with Crippen LogP contribution in [-0.4, -0.2) is 11.7 Å². The minimum absolute atomic E-state index is 0.0804. The Hall–Kier alpha value is -1.60. The summed E-state index contributed by atoms with van der Waals surface area (Å²) in [6.07, 6.45) is 0. The van der Waals surface area contributed by atoms with Crippen molar-refractivity contribution in [1.29, 1.82) is 0 Å². The van der Waals surface area contributed by atoms with Gasteiger partial charge in [0.25, 0.3) is 0 Å². The van der Waals surface area contributed by atoms with Gasteiger partial charge < -0.3 is 5.11 Å². The molecule has 0 radical (unpaired) electrons. The lowest BCUT2D eigenvalue weighted by atomic mass is 9.88. The van der Waals surface area contributed by atoms with Crippen molar-refractivity contribution >= 4 is 0 Å². The molecule has 2 rings (SSSR count). The molecule has 0 aromatic heterocycles. The quantitative estimate of drug-likeness (QED) is 0.850. The topological polar surface area (TPSA) is 20.2 Å². The average molecular weight is 226 g/mol. The van der Waals surface area contributed by atoms with Gasteiger partial charge in [0.05, 0.1) is 6.61 Å². The summed E-state index contributed by atoms with van der Waals surface area (Å²) in [5.74, 6) is 0.0804. The zero-order chi connectivity index (χ0) is 12.3. The van der Waals surface area contributed by atoms with E-state index in [2.05, 4.69) is 44.2 Å². The van der Waals surface area contributed by atoms with Crippen LogP contribution in [0.25, 0.3) is 0 Å². The summed E-state index contributed by atoms with van der Waals surface area (Å²) in [4.78, 5) is 0. The predicted molar refractivity (Wildman–Crippen MR) is 71.3 cm³/mol. The fourth-order valence-electron chi connectivity index (χ4n) is 2.29. The molecule has 0 aliphatic carbocycles. The molecule has 0 bridgehead atoms. The van der Waals surface area contributed by atoms with Gasteiger partial charge >= 0.3 is 0 Å². The van der Waals surface area contributed by atoms with Crippen LogP contribution < -0.4 is 0 Å². The van der Waals surface area contributed by atoms with Crippen LogP contribution in [0.4, 0.5) is 0 Å². The first-order valence-electron chi connectivity index (χ1n) is 5.95. The fourth-order valence-corrected chi connectivity index (χ4v) is 2.29. The van der Waals surface area contributed by atoms with Crippen molar-refractivity contribution in [2.24, 2.45) is 0 Å². The van der Waals surface area contributed by atoms with Crippen LogP contribution in [0, 0.1) is 13.8 Å². The van der Waals surface area contributed by atoms with E-state index in [4.69, 9.17) is 0 Å². The Balaban J connectivity index is 2.42. The van der Waals surface area contributed by atoms with Gasteiger partial charge in [0.15, 0.2) is 0 Å². The highest BCUT2D eigenvalue weighted by molar-refractivity contribution is 5.39. The molecule has 17 heavy (non-hydrogen) atoms.